The minimum Gasteiger partial charge on any atom is -0.479 e. The molecule has 0 amide bonds. The van der Waals surface area contributed by atoms with Crippen molar-refractivity contribution in [1.82, 2.24) is 0 Å². The quantitative estimate of drug-likeness (QED) is 0.465. The van der Waals surface area contributed by atoms with Gasteiger partial charge in [0.25, 0.3) is 0 Å². The van der Waals surface area contributed by atoms with Crippen molar-refractivity contribution in [3.63, 3.8) is 0 Å². The molecule has 5 aliphatic rings. The van der Waals surface area contributed by atoms with Crippen LogP contribution in [0.1, 0.15) is 65.2 Å². The number of hydrogen-bond donors (Lipinski definition) is 4. The van der Waals surface area contributed by atoms with Crippen LogP contribution in [0.4, 0.5) is 0 Å². The Morgan fingerprint density at radius 2 is 1.73 bits per heavy atom. The molecule has 33 heavy (non-hydrogen) atoms. The zero-order chi connectivity index (χ0) is 23.7. The van der Waals surface area contributed by atoms with Gasteiger partial charge >= 0.3 is 5.97 Å². The first-order valence-electron chi connectivity index (χ1n) is 12.4. The lowest BCUT2D eigenvalue weighted by Gasteiger charge is -2.57. The molecule has 0 bridgehead atoms. The van der Waals surface area contributed by atoms with Gasteiger partial charge in [-0.2, -0.15) is 0 Å². The number of hydrogen-bond acceptors (Lipinski definition) is 7. The molecule has 0 aromatic carbocycles. The minimum atomic E-state index is -1.72. The van der Waals surface area contributed by atoms with Crippen LogP contribution in [-0.2, 0) is 19.1 Å². The molecule has 8 heteroatoms. The van der Waals surface area contributed by atoms with Crippen LogP contribution < -0.4 is 0 Å². The van der Waals surface area contributed by atoms with Crippen LogP contribution in [0.3, 0.4) is 0 Å². The molecule has 0 unspecified atom stereocenters. The molecule has 0 aromatic heterocycles. The number of carbonyl (C=O) groups excluding carboxylic acids is 1. The number of ketones is 1. The first-order chi connectivity index (χ1) is 15.6. The normalized spacial score (nSPS) is 51.8. The van der Waals surface area contributed by atoms with Gasteiger partial charge in [-0.05, 0) is 68.1 Å². The fourth-order valence-electron chi connectivity index (χ4n) is 7.87. The third kappa shape index (κ3) is 3.52. The molecule has 0 spiro atoms. The highest BCUT2D eigenvalue weighted by molar-refractivity contribution is 5.87. The second-order valence-corrected chi connectivity index (χ2v) is 11.4. The Kier molecular flexibility index (Phi) is 5.77. The molecule has 8 nitrogen and oxygen atoms in total. The van der Waals surface area contributed by atoms with Gasteiger partial charge in [0.1, 0.15) is 24.1 Å². The predicted molar refractivity (Wildman–Crippen MR) is 116 cm³/mol. The molecule has 0 radical (unpaired) electrons. The summed E-state index contributed by atoms with van der Waals surface area (Å²) in [6.45, 7) is 4.53. The monoisotopic (exact) mass is 464 g/mol. The molecule has 4 N–H and O–H groups in total. The highest BCUT2D eigenvalue weighted by Crippen LogP contribution is 2.64. The number of aliphatic hydroxyl groups excluding tert-OH is 3. The molecule has 184 valence electrons. The van der Waals surface area contributed by atoms with Crippen molar-refractivity contribution in [3.8, 4) is 0 Å². The van der Waals surface area contributed by atoms with Crippen molar-refractivity contribution in [2.45, 2.75) is 102 Å². The zero-order valence-electron chi connectivity index (χ0n) is 19.4. The average Bonchev–Trinajstić information content (AvgIpc) is 3.08. The molecule has 3 saturated carbocycles. The summed E-state index contributed by atoms with van der Waals surface area (Å²) >= 11 is 0. The van der Waals surface area contributed by atoms with Crippen LogP contribution in [0.5, 0.6) is 0 Å². The Labute approximate surface area is 194 Å². The average molecular weight is 465 g/mol. The standard InChI is InChI=1S/C25H36O8/c1-24-9-7-13(32-23-20(29)18(27)19(28)21(33-23)22(30)31)11-12(24)3-4-14-15-5-6-17(26)25(15,2)10-8-16(14)24/h3,13-16,18-21,23,27-29H,4-11H2,1-2H3,(H,30,31)/t13-,14-,15-,16+,18-,19-,20+,21-,23-,24-,25-/m0/s1. The van der Waals surface area contributed by atoms with Gasteiger partial charge < -0.3 is 29.9 Å². The van der Waals surface area contributed by atoms with Gasteiger partial charge in [0.2, 0.25) is 0 Å². The van der Waals surface area contributed by atoms with Gasteiger partial charge in [0, 0.05) is 11.8 Å². The lowest BCUT2D eigenvalue weighted by atomic mass is 9.48. The molecule has 4 aliphatic carbocycles. The summed E-state index contributed by atoms with van der Waals surface area (Å²) in [5, 5.41) is 39.6. The second-order valence-electron chi connectivity index (χ2n) is 11.4. The maximum absolute atomic E-state index is 12.6. The van der Waals surface area contributed by atoms with E-state index >= 15 is 0 Å². The van der Waals surface area contributed by atoms with Crippen LogP contribution >= 0.6 is 0 Å². The Bertz CT molecular complexity index is 855. The van der Waals surface area contributed by atoms with E-state index in [0.29, 0.717) is 30.0 Å². The number of carboxylic acids is 1. The predicted octanol–water partition coefficient (Wildman–Crippen LogP) is 1.80. The highest BCUT2D eigenvalue weighted by Gasteiger charge is 2.59. The Balaban J connectivity index is 1.30. The van der Waals surface area contributed by atoms with Gasteiger partial charge in [0.15, 0.2) is 12.4 Å². The fourth-order valence-corrected chi connectivity index (χ4v) is 7.87. The molecule has 1 heterocycles. The maximum atomic E-state index is 12.6. The van der Waals surface area contributed by atoms with E-state index in [-0.39, 0.29) is 16.9 Å². The fraction of sp³-hybridized carbons (Fsp3) is 0.840. The summed E-state index contributed by atoms with van der Waals surface area (Å²) in [5.41, 5.74) is 1.25. The maximum Gasteiger partial charge on any atom is 0.335 e. The third-order valence-electron chi connectivity index (χ3n) is 9.91. The minimum absolute atomic E-state index is 0.0566. The van der Waals surface area contributed by atoms with Gasteiger partial charge in [-0.1, -0.05) is 25.5 Å². The van der Waals surface area contributed by atoms with Crippen molar-refractivity contribution >= 4 is 11.8 Å². The summed E-state index contributed by atoms with van der Waals surface area (Å²) in [5.74, 6) is 0.596. The molecular weight excluding hydrogens is 428 g/mol. The first kappa shape index (κ1) is 23.4. The smallest absolute Gasteiger partial charge is 0.335 e. The molecule has 0 aromatic rings. The van der Waals surface area contributed by atoms with E-state index in [4.69, 9.17) is 9.47 Å². The Morgan fingerprint density at radius 3 is 2.45 bits per heavy atom. The van der Waals surface area contributed by atoms with Crippen molar-refractivity contribution < 1.29 is 39.5 Å². The highest BCUT2D eigenvalue weighted by atomic mass is 16.7. The van der Waals surface area contributed by atoms with Crippen molar-refractivity contribution in [1.29, 1.82) is 0 Å². The largest absolute Gasteiger partial charge is 0.479 e. The number of rotatable bonds is 3. The lowest BCUT2D eigenvalue weighted by Crippen LogP contribution is -2.61. The molecule has 5 rings (SSSR count). The lowest BCUT2D eigenvalue weighted by molar-refractivity contribution is -0.306. The van der Waals surface area contributed by atoms with E-state index in [1.807, 2.05) is 0 Å². The molecule has 1 aliphatic heterocycles. The van der Waals surface area contributed by atoms with Crippen LogP contribution in [0.25, 0.3) is 0 Å². The number of Topliss-reactive ketones (excluding diaryl/α,β-unsaturated/α-hetero) is 1. The number of carbonyl (C=O) groups is 2. The van der Waals surface area contributed by atoms with Gasteiger partial charge in [0.05, 0.1) is 6.10 Å². The summed E-state index contributed by atoms with van der Waals surface area (Å²) in [6.07, 6.45) is 1.28. The molecule has 1 saturated heterocycles. The van der Waals surface area contributed by atoms with Gasteiger partial charge in [-0.15, -0.1) is 0 Å². The number of carboxylic acid groups (broad SMARTS) is 1. The molecular formula is C25H36O8. The van der Waals surface area contributed by atoms with E-state index in [2.05, 4.69) is 19.9 Å². The van der Waals surface area contributed by atoms with Crippen LogP contribution in [0.2, 0.25) is 0 Å². The van der Waals surface area contributed by atoms with E-state index in [1.165, 1.54) is 5.57 Å². The number of ether oxygens (including phenoxy) is 2. The van der Waals surface area contributed by atoms with Gasteiger partial charge in [-0.25, -0.2) is 4.79 Å². The Hall–Kier alpha value is -1.32. The number of fused-ring (bicyclic) bond motifs is 5. The SMILES string of the molecule is C[C@]12CC[C@H](O[C@H]3O[C@H](C(=O)O)[C@@H](O)[C@H](O)[C@H]3O)CC1=CC[C@@H]1[C@H]2CC[C@]2(C)C(=O)CC[C@@H]12. The molecule has 4 fully saturated rings. The second kappa shape index (κ2) is 8.12. The van der Waals surface area contributed by atoms with Crippen molar-refractivity contribution in [3.05, 3.63) is 11.6 Å². The number of aliphatic hydroxyl groups is 3. The number of allylic oxidation sites excluding steroid dienone is 1. The Morgan fingerprint density at radius 1 is 1.03 bits per heavy atom. The zero-order valence-corrected chi connectivity index (χ0v) is 19.4. The summed E-state index contributed by atoms with van der Waals surface area (Å²) in [4.78, 5) is 24.0. The van der Waals surface area contributed by atoms with Crippen LogP contribution in [-0.4, -0.2) is 69.0 Å². The topological polar surface area (TPSA) is 134 Å². The third-order valence-corrected chi connectivity index (χ3v) is 9.91. The van der Waals surface area contributed by atoms with E-state index < -0.39 is 36.7 Å². The van der Waals surface area contributed by atoms with Crippen LogP contribution in [0.15, 0.2) is 11.6 Å². The van der Waals surface area contributed by atoms with E-state index in [0.717, 1.165) is 44.9 Å². The van der Waals surface area contributed by atoms with Gasteiger partial charge in [-0.3, -0.25) is 4.79 Å². The van der Waals surface area contributed by atoms with Crippen molar-refractivity contribution in [2.24, 2.45) is 28.6 Å². The summed E-state index contributed by atoms with van der Waals surface area (Å²) in [6, 6.07) is 0. The van der Waals surface area contributed by atoms with E-state index in [1.54, 1.807) is 0 Å². The molecule has 11 atom stereocenters. The van der Waals surface area contributed by atoms with Crippen LogP contribution in [0, 0.1) is 28.6 Å². The van der Waals surface area contributed by atoms with Crippen molar-refractivity contribution in [2.75, 3.05) is 0 Å². The van der Waals surface area contributed by atoms with E-state index in [9.17, 15) is 30.0 Å². The number of aliphatic carboxylic acids is 1. The summed E-state index contributed by atoms with van der Waals surface area (Å²) in [7, 11) is 0. The summed E-state index contributed by atoms with van der Waals surface area (Å²) < 4.78 is 11.3. The first-order valence-corrected chi connectivity index (χ1v) is 12.4.